The third kappa shape index (κ3) is 3.48. The van der Waals surface area contributed by atoms with Gasteiger partial charge in [0.1, 0.15) is 11.5 Å². The fourth-order valence-electron chi connectivity index (χ4n) is 2.02. The number of thiophene rings is 1. The van der Waals surface area contributed by atoms with Crippen LogP contribution in [0, 0.1) is 6.92 Å². The molecule has 0 radical (unpaired) electrons. The van der Waals surface area contributed by atoms with E-state index >= 15 is 0 Å². The summed E-state index contributed by atoms with van der Waals surface area (Å²) in [6, 6.07) is 9.46. The number of nitrogens with one attached hydrogen (secondary N) is 2. The van der Waals surface area contributed by atoms with Gasteiger partial charge in [0.05, 0.1) is 3.79 Å². The fourth-order valence-corrected chi connectivity index (χ4v) is 3.50. The van der Waals surface area contributed by atoms with Gasteiger partial charge in [-0.1, -0.05) is 0 Å². The molecule has 0 saturated carbocycles. The molecule has 0 aromatic carbocycles. The molecule has 0 aliphatic heterocycles. The zero-order chi connectivity index (χ0) is 15.5. The van der Waals surface area contributed by atoms with E-state index in [0.29, 0.717) is 23.7 Å². The first-order valence-corrected chi connectivity index (χ1v) is 8.37. The van der Waals surface area contributed by atoms with Crippen LogP contribution in [0.2, 0.25) is 0 Å². The van der Waals surface area contributed by atoms with Crippen molar-refractivity contribution in [2.45, 2.75) is 13.3 Å². The largest absolute Gasteiger partial charge is 0.460 e. The van der Waals surface area contributed by atoms with Crippen molar-refractivity contribution in [2.24, 2.45) is 0 Å². The smallest absolute Gasteiger partial charge is 0.271 e. The van der Waals surface area contributed by atoms with Crippen molar-refractivity contribution in [3.63, 3.8) is 0 Å². The highest BCUT2D eigenvalue weighted by atomic mass is 79.9. The SMILES string of the molecule is Cc1ccc(-c2cc(C(=O)NCCc3ccc(Br)s3)n[nH]2)o1. The molecule has 0 spiro atoms. The van der Waals surface area contributed by atoms with Crippen molar-refractivity contribution in [1.29, 1.82) is 0 Å². The molecule has 3 rings (SSSR count). The van der Waals surface area contributed by atoms with Crippen LogP contribution in [0.25, 0.3) is 11.5 Å². The number of aryl methyl sites for hydroxylation is 1. The molecule has 5 nitrogen and oxygen atoms in total. The van der Waals surface area contributed by atoms with Crippen molar-refractivity contribution in [1.82, 2.24) is 15.5 Å². The van der Waals surface area contributed by atoms with Gasteiger partial charge in [-0.05, 0) is 53.5 Å². The van der Waals surface area contributed by atoms with E-state index < -0.39 is 0 Å². The predicted molar refractivity (Wildman–Crippen MR) is 89.1 cm³/mol. The third-order valence-corrected chi connectivity index (χ3v) is 4.79. The highest BCUT2D eigenvalue weighted by molar-refractivity contribution is 9.11. The van der Waals surface area contributed by atoms with E-state index in [9.17, 15) is 4.79 Å². The molecule has 0 aliphatic rings. The Bertz CT molecular complexity index is 790. The maximum atomic E-state index is 12.1. The molecule has 0 fully saturated rings. The Hall–Kier alpha value is -1.86. The summed E-state index contributed by atoms with van der Waals surface area (Å²) in [6.07, 6.45) is 0.802. The van der Waals surface area contributed by atoms with Crippen molar-refractivity contribution >= 4 is 33.2 Å². The van der Waals surface area contributed by atoms with E-state index in [1.165, 1.54) is 4.88 Å². The Labute approximate surface area is 139 Å². The number of carbonyl (C=O) groups excluding carboxylic acids is 1. The molecule has 1 amide bonds. The number of aromatic amines is 1. The van der Waals surface area contributed by atoms with Crippen molar-refractivity contribution < 1.29 is 9.21 Å². The molecule has 3 heterocycles. The predicted octanol–water partition coefficient (Wildman–Crippen LogP) is 3.77. The minimum atomic E-state index is -0.193. The fraction of sp³-hybridized carbons (Fsp3) is 0.200. The summed E-state index contributed by atoms with van der Waals surface area (Å²) < 4.78 is 6.59. The summed E-state index contributed by atoms with van der Waals surface area (Å²) in [4.78, 5) is 13.3. The van der Waals surface area contributed by atoms with Gasteiger partial charge >= 0.3 is 0 Å². The Morgan fingerprint density at radius 1 is 1.41 bits per heavy atom. The van der Waals surface area contributed by atoms with Crippen LogP contribution >= 0.6 is 27.3 Å². The molecule has 0 unspecified atom stereocenters. The lowest BCUT2D eigenvalue weighted by Crippen LogP contribution is -2.25. The van der Waals surface area contributed by atoms with Crippen LogP contribution in [0.5, 0.6) is 0 Å². The highest BCUT2D eigenvalue weighted by Gasteiger charge is 2.12. The molecule has 22 heavy (non-hydrogen) atoms. The Balaban J connectivity index is 1.57. The first-order chi connectivity index (χ1) is 10.6. The first kappa shape index (κ1) is 15.1. The molecule has 3 aromatic rings. The lowest BCUT2D eigenvalue weighted by atomic mass is 10.3. The first-order valence-electron chi connectivity index (χ1n) is 6.76. The summed E-state index contributed by atoms with van der Waals surface area (Å²) in [7, 11) is 0. The van der Waals surface area contributed by atoms with Crippen molar-refractivity contribution in [3.8, 4) is 11.5 Å². The number of nitrogens with zero attached hydrogens (tertiary/aromatic N) is 1. The second kappa shape index (κ2) is 6.50. The van der Waals surface area contributed by atoms with Crippen LogP contribution < -0.4 is 5.32 Å². The van der Waals surface area contributed by atoms with Gasteiger partial charge in [-0.25, -0.2) is 0 Å². The maximum absolute atomic E-state index is 12.1. The second-order valence-corrected chi connectivity index (χ2v) is 7.34. The number of halogens is 1. The molecule has 2 N–H and O–H groups in total. The average molecular weight is 380 g/mol. The topological polar surface area (TPSA) is 70.9 Å². The molecule has 114 valence electrons. The number of hydrogen-bond acceptors (Lipinski definition) is 4. The van der Waals surface area contributed by atoms with E-state index in [1.54, 1.807) is 17.4 Å². The van der Waals surface area contributed by atoms with E-state index in [0.717, 1.165) is 16.0 Å². The van der Waals surface area contributed by atoms with Gasteiger partial charge in [-0.2, -0.15) is 5.10 Å². The molecule has 0 atom stereocenters. The lowest BCUT2D eigenvalue weighted by molar-refractivity contribution is 0.0949. The van der Waals surface area contributed by atoms with Crippen LogP contribution in [0.4, 0.5) is 0 Å². The lowest BCUT2D eigenvalue weighted by Gasteiger charge is -2.00. The van der Waals surface area contributed by atoms with Crippen LogP contribution in [-0.4, -0.2) is 22.6 Å². The highest BCUT2D eigenvalue weighted by Crippen LogP contribution is 2.22. The Morgan fingerprint density at radius 3 is 2.95 bits per heavy atom. The third-order valence-electron chi connectivity index (χ3n) is 3.10. The summed E-state index contributed by atoms with van der Waals surface area (Å²) in [5.74, 6) is 1.30. The zero-order valence-corrected chi connectivity index (χ0v) is 14.3. The van der Waals surface area contributed by atoms with Gasteiger partial charge in [0.25, 0.3) is 5.91 Å². The summed E-state index contributed by atoms with van der Waals surface area (Å²) in [5.41, 5.74) is 1.05. The maximum Gasteiger partial charge on any atom is 0.271 e. The van der Waals surface area contributed by atoms with Gasteiger partial charge in [-0.3, -0.25) is 9.89 Å². The van der Waals surface area contributed by atoms with Crippen LogP contribution in [-0.2, 0) is 6.42 Å². The number of H-pyrrole nitrogens is 1. The molecular weight excluding hydrogens is 366 g/mol. The van der Waals surface area contributed by atoms with Gasteiger partial charge < -0.3 is 9.73 Å². The monoisotopic (exact) mass is 379 g/mol. The molecule has 0 aliphatic carbocycles. The van der Waals surface area contributed by atoms with Crippen molar-refractivity contribution in [3.05, 3.63) is 50.4 Å². The number of hydrogen-bond donors (Lipinski definition) is 2. The number of amides is 1. The summed E-state index contributed by atoms with van der Waals surface area (Å²) >= 11 is 5.09. The number of furan rings is 1. The van der Waals surface area contributed by atoms with E-state index in [1.807, 2.05) is 31.2 Å². The van der Waals surface area contributed by atoms with Crippen molar-refractivity contribution in [2.75, 3.05) is 6.54 Å². The molecule has 0 saturated heterocycles. The second-order valence-electron chi connectivity index (χ2n) is 4.79. The van der Waals surface area contributed by atoms with Gasteiger partial charge in [0, 0.05) is 17.5 Å². The molecule has 3 aromatic heterocycles. The van der Waals surface area contributed by atoms with Crippen LogP contribution in [0.3, 0.4) is 0 Å². The van der Waals surface area contributed by atoms with E-state index in [-0.39, 0.29) is 5.91 Å². The zero-order valence-electron chi connectivity index (χ0n) is 11.9. The van der Waals surface area contributed by atoms with E-state index in [4.69, 9.17) is 4.42 Å². The summed E-state index contributed by atoms with van der Waals surface area (Å²) in [5, 5.41) is 9.71. The van der Waals surface area contributed by atoms with Gasteiger partial charge in [-0.15, -0.1) is 11.3 Å². The summed E-state index contributed by atoms with van der Waals surface area (Å²) in [6.45, 7) is 2.45. The van der Waals surface area contributed by atoms with E-state index in [2.05, 4.69) is 31.4 Å². The normalized spacial score (nSPS) is 10.8. The molecule has 7 heteroatoms. The average Bonchev–Trinajstić information content (AvgIpc) is 3.19. The quantitative estimate of drug-likeness (QED) is 0.708. The molecular formula is C15H14BrN3O2S. The Kier molecular flexibility index (Phi) is 4.44. The number of aromatic nitrogens is 2. The standard InChI is InChI=1S/C15H14BrN3O2S/c1-9-2-4-13(21-9)11-8-12(19-18-11)15(20)17-7-6-10-3-5-14(16)22-10/h2-5,8H,6-7H2,1H3,(H,17,20)(H,18,19). The Morgan fingerprint density at radius 2 is 2.27 bits per heavy atom. The number of rotatable bonds is 5. The van der Waals surface area contributed by atoms with Crippen LogP contribution in [0.15, 0.2) is 38.5 Å². The minimum absolute atomic E-state index is 0.193. The molecule has 0 bridgehead atoms. The van der Waals surface area contributed by atoms with Crippen LogP contribution in [0.1, 0.15) is 21.1 Å². The number of carbonyl (C=O) groups is 1. The van der Waals surface area contributed by atoms with Gasteiger partial charge in [0.15, 0.2) is 11.5 Å². The minimum Gasteiger partial charge on any atom is -0.460 e. The van der Waals surface area contributed by atoms with Gasteiger partial charge in [0.2, 0.25) is 0 Å².